The Hall–Kier alpha value is -1.06. The van der Waals surface area contributed by atoms with Crippen LogP contribution in [-0.4, -0.2) is 24.4 Å². The molecule has 160 valence electrons. The van der Waals surface area contributed by atoms with Crippen LogP contribution in [0.2, 0.25) is 0 Å². The van der Waals surface area contributed by atoms with Gasteiger partial charge < -0.3 is 10.6 Å². The van der Waals surface area contributed by atoms with Crippen LogP contribution in [0.15, 0.2) is 0 Å². The third kappa shape index (κ3) is 5.97. The van der Waals surface area contributed by atoms with E-state index in [1.165, 1.54) is 38.5 Å². The molecule has 0 saturated heterocycles. The van der Waals surface area contributed by atoms with Gasteiger partial charge in [0.1, 0.15) is 0 Å². The van der Waals surface area contributed by atoms with Gasteiger partial charge in [-0.25, -0.2) is 0 Å². The van der Waals surface area contributed by atoms with Crippen molar-refractivity contribution in [3.05, 3.63) is 0 Å². The zero-order chi connectivity index (χ0) is 20.2. The number of nitrogens with one attached hydrogen (secondary N) is 2. The van der Waals surface area contributed by atoms with Crippen molar-refractivity contribution < 1.29 is 9.59 Å². The van der Waals surface area contributed by atoms with Crippen molar-refractivity contribution in [1.29, 1.82) is 0 Å². The van der Waals surface area contributed by atoms with Gasteiger partial charge in [-0.15, -0.1) is 0 Å². The van der Waals surface area contributed by atoms with E-state index in [4.69, 9.17) is 0 Å². The first-order valence-corrected chi connectivity index (χ1v) is 11.8. The minimum Gasteiger partial charge on any atom is -0.355 e. The highest BCUT2D eigenvalue weighted by molar-refractivity contribution is 5.79. The molecule has 0 radical (unpaired) electrons. The first kappa shape index (κ1) is 21.6. The van der Waals surface area contributed by atoms with E-state index in [1.807, 2.05) is 0 Å². The molecule has 0 spiro atoms. The van der Waals surface area contributed by atoms with Gasteiger partial charge in [-0.2, -0.15) is 0 Å². The molecule has 0 aromatic rings. The van der Waals surface area contributed by atoms with E-state index in [2.05, 4.69) is 31.4 Å². The van der Waals surface area contributed by atoms with Gasteiger partial charge in [-0.1, -0.05) is 59.3 Å². The quantitative estimate of drug-likeness (QED) is 0.697. The van der Waals surface area contributed by atoms with Crippen LogP contribution in [-0.2, 0) is 9.59 Å². The fourth-order valence-corrected chi connectivity index (χ4v) is 6.36. The van der Waals surface area contributed by atoms with Crippen molar-refractivity contribution >= 4 is 11.8 Å². The van der Waals surface area contributed by atoms with Gasteiger partial charge in [0.25, 0.3) is 0 Å². The summed E-state index contributed by atoms with van der Waals surface area (Å²) in [6.45, 7) is 7.66. The molecule has 4 nitrogen and oxygen atoms in total. The number of hydrogen-bond acceptors (Lipinski definition) is 2. The van der Waals surface area contributed by atoms with Crippen molar-refractivity contribution in [2.24, 2.45) is 22.7 Å². The molecule has 2 N–H and O–H groups in total. The summed E-state index contributed by atoms with van der Waals surface area (Å²) in [5.41, 5.74) is 0.240. The van der Waals surface area contributed by atoms with Gasteiger partial charge in [0.15, 0.2) is 0 Å². The van der Waals surface area contributed by atoms with Gasteiger partial charge in [0.2, 0.25) is 11.8 Å². The van der Waals surface area contributed by atoms with E-state index in [0.717, 1.165) is 51.5 Å². The molecule has 28 heavy (non-hydrogen) atoms. The normalized spacial score (nSPS) is 31.9. The molecular formula is C24H42N2O2. The molecule has 0 bridgehead atoms. The Labute approximate surface area is 172 Å². The number of rotatable bonds is 5. The second kappa shape index (κ2) is 9.17. The summed E-state index contributed by atoms with van der Waals surface area (Å²) in [5.74, 6) is 0.967. The summed E-state index contributed by atoms with van der Waals surface area (Å²) in [4.78, 5) is 25.4. The third-order valence-corrected chi connectivity index (χ3v) is 7.43. The lowest BCUT2D eigenvalue weighted by molar-refractivity contribution is -0.129. The summed E-state index contributed by atoms with van der Waals surface area (Å²) in [6.07, 6.45) is 14.6. The van der Waals surface area contributed by atoms with Crippen molar-refractivity contribution in [2.75, 3.05) is 6.54 Å². The molecule has 0 aromatic heterocycles. The van der Waals surface area contributed by atoms with Crippen LogP contribution in [0.1, 0.15) is 104 Å². The molecule has 0 heterocycles. The molecule has 3 aliphatic carbocycles. The lowest BCUT2D eigenvalue weighted by Crippen LogP contribution is -2.51. The minimum atomic E-state index is 0.0522. The SMILES string of the molecule is CC1(C)C[C@@H](NC(=O)C2CCCCC2)C[C@@](C)(CNC(=O)C2CCCCC2)C1. The Morgan fingerprint density at radius 1 is 0.786 bits per heavy atom. The van der Waals surface area contributed by atoms with Crippen molar-refractivity contribution in [3.8, 4) is 0 Å². The average molecular weight is 391 g/mol. The van der Waals surface area contributed by atoms with Crippen LogP contribution in [0, 0.1) is 22.7 Å². The highest BCUT2D eigenvalue weighted by Gasteiger charge is 2.42. The second-order valence-corrected chi connectivity index (χ2v) is 11.2. The Morgan fingerprint density at radius 2 is 1.32 bits per heavy atom. The molecule has 3 rings (SSSR count). The van der Waals surface area contributed by atoms with Crippen molar-refractivity contribution in [3.63, 3.8) is 0 Å². The van der Waals surface area contributed by atoms with Crippen LogP contribution in [0.25, 0.3) is 0 Å². The molecule has 4 heteroatoms. The average Bonchev–Trinajstić information content (AvgIpc) is 2.66. The van der Waals surface area contributed by atoms with Crippen LogP contribution >= 0.6 is 0 Å². The molecule has 3 fully saturated rings. The number of carbonyl (C=O) groups is 2. The number of carbonyl (C=O) groups excluding carboxylic acids is 2. The van der Waals surface area contributed by atoms with Crippen molar-refractivity contribution in [2.45, 2.75) is 110 Å². The molecule has 0 unspecified atom stereocenters. The van der Waals surface area contributed by atoms with E-state index in [1.54, 1.807) is 0 Å². The first-order valence-electron chi connectivity index (χ1n) is 11.8. The molecule has 3 aliphatic rings. The van der Waals surface area contributed by atoms with E-state index < -0.39 is 0 Å². The Kier molecular flexibility index (Phi) is 7.09. The predicted octanol–water partition coefficient (Wildman–Crippen LogP) is 4.96. The highest BCUT2D eigenvalue weighted by atomic mass is 16.2. The summed E-state index contributed by atoms with van der Waals surface area (Å²) in [7, 11) is 0. The maximum absolute atomic E-state index is 12.8. The standard InChI is InChI=1S/C24H42N2O2/c1-23(2)14-20(26-22(28)19-12-8-5-9-13-19)15-24(3,16-23)17-25-21(27)18-10-6-4-7-11-18/h18-20H,4-17H2,1-3H3,(H,25,27)(H,26,28)/t20-,24-/m1/s1. The van der Waals surface area contributed by atoms with Crippen LogP contribution in [0.5, 0.6) is 0 Å². The zero-order valence-corrected chi connectivity index (χ0v) is 18.4. The number of amides is 2. The fourth-order valence-electron chi connectivity index (χ4n) is 6.36. The predicted molar refractivity (Wildman–Crippen MR) is 114 cm³/mol. The topological polar surface area (TPSA) is 58.2 Å². The summed E-state index contributed by atoms with van der Waals surface area (Å²) >= 11 is 0. The monoisotopic (exact) mass is 390 g/mol. The molecule has 3 saturated carbocycles. The first-order chi connectivity index (χ1) is 13.3. The molecule has 0 aromatic carbocycles. The van der Waals surface area contributed by atoms with Crippen LogP contribution in [0.3, 0.4) is 0 Å². The Morgan fingerprint density at radius 3 is 1.89 bits per heavy atom. The molecule has 0 aliphatic heterocycles. The third-order valence-electron chi connectivity index (χ3n) is 7.43. The van der Waals surface area contributed by atoms with E-state index in [0.29, 0.717) is 0 Å². The van der Waals surface area contributed by atoms with Gasteiger partial charge in [0, 0.05) is 24.4 Å². The van der Waals surface area contributed by atoms with Crippen molar-refractivity contribution in [1.82, 2.24) is 10.6 Å². The number of hydrogen-bond donors (Lipinski definition) is 2. The van der Waals surface area contributed by atoms with E-state index in [-0.39, 0.29) is 40.5 Å². The Balaban J connectivity index is 1.55. The summed E-state index contributed by atoms with van der Waals surface area (Å²) < 4.78 is 0. The smallest absolute Gasteiger partial charge is 0.223 e. The largest absolute Gasteiger partial charge is 0.355 e. The van der Waals surface area contributed by atoms with Gasteiger partial charge in [-0.05, 0) is 55.8 Å². The van der Waals surface area contributed by atoms with Gasteiger partial charge in [0.05, 0.1) is 0 Å². The lowest BCUT2D eigenvalue weighted by atomic mass is 9.62. The highest BCUT2D eigenvalue weighted by Crippen LogP contribution is 2.46. The van der Waals surface area contributed by atoms with Crippen LogP contribution in [0.4, 0.5) is 0 Å². The Bertz CT molecular complexity index is 547. The molecule has 2 amide bonds. The van der Waals surface area contributed by atoms with E-state index >= 15 is 0 Å². The summed E-state index contributed by atoms with van der Waals surface area (Å²) in [6, 6.07) is 0.231. The second-order valence-electron chi connectivity index (χ2n) is 11.2. The maximum Gasteiger partial charge on any atom is 0.223 e. The minimum absolute atomic E-state index is 0.0522. The summed E-state index contributed by atoms with van der Waals surface area (Å²) in [5, 5.41) is 6.68. The van der Waals surface area contributed by atoms with Gasteiger partial charge in [-0.3, -0.25) is 9.59 Å². The van der Waals surface area contributed by atoms with E-state index in [9.17, 15) is 9.59 Å². The maximum atomic E-state index is 12.8. The van der Waals surface area contributed by atoms with Gasteiger partial charge >= 0.3 is 0 Å². The zero-order valence-electron chi connectivity index (χ0n) is 18.4. The van der Waals surface area contributed by atoms with Crippen LogP contribution < -0.4 is 10.6 Å². The fraction of sp³-hybridized carbons (Fsp3) is 0.917. The molecular weight excluding hydrogens is 348 g/mol. The molecule has 2 atom stereocenters. The lowest BCUT2D eigenvalue weighted by Gasteiger charge is -2.47.